The lowest BCUT2D eigenvalue weighted by Crippen LogP contribution is -2.21. The number of ether oxygens (including phenoxy) is 1. The second-order valence-electron chi connectivity index (χ2n) is 6.37. The van der Waals surface area contributed by atoms with Crippen molar-refractivity contribution in [2.75, 3.05) is 11.9 Å². The van der Waals surface area contributed by atoms with Gasteiger partial charge in [0.25, 0.3) is 5.91 Å². The fourth-order valence-electron chi connectivity index (χ4n) is 2.80. The number of hydrogen-bond donors (Lipinski definition) is 1. The Morgan fingerprint density at radius 1 is 1.39 bits per heavy atom. The highest BCUT2D eigenvalue weighted by molar-refractivity contribution is 5.91. The van der Waals surface area contributed by atoms with Crippen molar-refractivity contribution in [1.82, 2.24) is 5.16 Å². The van der Waals surface area contributed by atoms with Gasteiger partial charge in [0.1, 0.15) is 5.75 Å². The average molecular weight is 314 g/mol. The molecule has 0 radical (unpaired) electrons. The largest absolute Gasteiger partial charge is 0.484 e. The first-order chi connectivity index (χ1) is 11.0. The molecule has 2 aromatic rings. The molecule has 1 aliphatic rings. The van der Waals surface area contributed by atoms with Crippen LogP contribution in [-0.2, 0) is 17.6 Å². The number of nitrogens with one attached hydrogen (secondary N) is 1. The second kappa shape index (κ2) is 6.44. The van der Waals surface area contributed by atoms with Crippen LogP contribution >= 0.6 is 0 Å². The van der Waals surface area contributed by atoms with Crippen LogP contribution in [0.4, 0.5) is 5.88 Å². The zero-order valence-electron chi connectivity index (χ0n) is 13.8. The molecule has 0 spiro atoms. The van der Waals surface area contributed by atoms with Crippen molar-refractivity contribution in [1.29, 1.82) is 0 Å². The van der Waals surface area contributed by atoms with Gasteiger partial charge in [0.15, 0.2) is 6.61 Å². The van der Waals surface area contributed by atoms with Gasteiger partial charge in [-0.15, -0.1) is 0 Å². The zero-order chi connectivity index (χ0) is 16.4. The molecule has 0 aliphatic heterocycles. The van der Waals surface area contributed by atoms with Crippen LogP contribution in [-0.4, -0.2) is 17.7 Å². The molecule has 23 heavy (non-hydrogen) atoms. The molecule has 0 fully saturated rings. The molecule has 1 aromatic carbocycles. The summed E-state index contributed by atoms with van der Waals surface area (Å²) in [5.74, 6) is 1.52. The zero-order valence-corrected chi connectivity index (χ0v) is 13.8. The predicted octanol–water partition coefficient (Wildman–Crippen LogP) is 3.43. The number of hydrogen-bond acceptors (Lipinski definition) is 4. The quantitative estimate of drug-likeness (QED) is 0.939. The molecule has 1 N–H and O–H groups in total. The van der Waals surface area contributed by atoms with Gasteiger partial charge in [0.2, 0.25) is 5.88 Å². The van der Waals surface area contributed by atoms with E-state index in [9.17, 15) is 4.79 Å². The Balaban J connectivity index is 1.59. The van der Waals surface area contributed by atoms with Crippen molar-refractivity contribution in [3.05, 3.63) is 40.6 Å². The first-order valence-corrected chi connectivity index (χ1v) is 8.00. The summed E-state index contributed by atoms with van der Waals surface area (Å²) in [4.78, 5) is 12.1. The molecule has 1 aromatic heterocycles. The third kappa shape index (κ3) is 3.55. The number of aromatic nitrogens is 1. The first-order valence-electron chi connectivity index (χ1n) is 8.00. The van der Waals surface area contributed by atoms with Crippen LogP contribution in [0.25, 0.3) is 0 Å². The Hall–Kier alpha value is -2.30. The van der Waals surface area contributed by atoms with E-state index in [1.165, 1.54) is 5.56 Å². The Bertz CT molecular complexity index is 721. The minimum Gasteiger partial charge on any atom is -0.484 e. The molecule has 0 saturated carbocycles. The Labute approximate surface area is 136 Å². The molecule has 5 heteroatoms. The van der Waals surface area contributed by atoms with Crippen molar-refractivity contribution in [3.63, 3.8) is 0 Å². The predicted molar refractivity (Wildman–Crippen MR) is 87.7 cm³/mol. The summed E-state index contributed by atoms with van der Waals surface area (Å²) >= 11 is 0. The molecule has 0 saturated heterocycles. The molecule has 1 atom stereocenters. The van der Waals surface area contributed by atoms with E-state index in [4.69, 9.17) is 9.26 Å². The monoisotopic (exact) mass is 314 g/mol. The molecule has 0 bridgehead atoms. The second-order valence-corrected chi connectivity index (χ2v) is 6.37. The number of carbonyl (C=O) groups excluding carboxylic acids is 1. The van der Waals surface area contributed by atoms with E-state index < -0.39 is 0 Å². The van der Waals surface area contributed by atoms with Gasteiger partial charge in [-0.25, -0.2) is 0 Å². The highest BCUT2D eigenvalue weighted by atomic mass is 16.5. The fraction of sp³-hybridized carbons (Fsp3) is 0.444. The van der Waals surface area contributed by atoms with Crippen LogP contribution in [0.3, 0.4) is 0 Å². The number of benzene rings is 1. The Kier molecular flexibility index (Phi) is 4.37. The standard InChI is InChI=1S/C18H22N2O3/c1-11-4-7-16-15(8-11)18(23-20-16)19-17(21)10-22-14-6-5-12(2)13(3)9-14/h5-6,9,11H,4,7-8,10H2,1-3H3,(H,19,21). The van der Waals surface area contributed by atoms with Gasteiger partial charge >= 0.3 is 0 Å². The highest BCUT2D eigenvalue weighted by Gasteiger charge is 2.24. The SMILES string of the molecule is Cc1ccc(OCC(=O)Nc2onc3c2CC(C)CC3)cc1C. The summed E-state index contributed by atoms with van der Waals surface area (Å²) in [5.41, 5.74) is 4.34. The lowest BCUT2D eigenvalue weighted by Gasteiger charge is -2.16. The van der Waals surface area contributed by atoms with E-state index in [1.807, 2.05) is 32.0 Å². The molecular weight excluding hydrogens is 292 g/mol. The van der Waals surface area contributed by atoms with E-state index >= 15 is 0 Å². The number of amides is 1. The summed E-state index contributed by atoms with van der Waals surface area (Å²) in [7, 11) is 0. The van der Waals surface area contributed by atoms with Crippen LogP contribution < -0.4 is 10.1 Å². The third-order valence-electron chi connectivity index (χ3n) is 4.40. The van der Waals surface area contributed by atoms with E-state index in [0.29, 0.717) is 17.6 Å². The lowest BCUT2D eigenvalue weighted by atomic mass is 9.89. The van der Waals surface area contributed by atoms with E-state index in [1.54, 1.807) is 0 Å². The molecule has 1 aliphatic carbocycles. The van der Waals surface area contributed by atoms with Gasteiger partial charge in [0.05, 0.1) is 5.69 Å². The maximum absolute atomic E-state index is 12.1. The molecule has 1 amide bonds. The minimum atomic E-state index is -0.236. The molecule has 5 nitrogen and oxygen atoms in total. The topological polar surface area (TPSA) is 64.4 Å². The van der Waals surface area contributed by atoms with E-state index in [-0.39, 0.29) is 12.5 Å². The molecule has 1 heterocycles. The summed E-state index contributed by atoms with van der Waals surface area (Å²) < 4.78 is 10.8. The smallest absolute Gasteiger partial charge is 0.264 e. The van der Waals surface area contributed by atoms with Crippen LogP contribution in [0.15, 0.2) is 22.7 Å². The van der Waals surface area contributed by atoms with Crippen molar-refractivity contribution in [3.8, 4) is 5.75 Å². The molecule has 3 rings (SSSR count). The summed E-state index contributed by atoms with van der Waals surface area (Å²) in [6, 6.07) is 5.78. The van der Waals surface area contributed by atoms with Gasteiger partial charge in [0, 0.05) is 5.56 Å². The maximum atomic E-state index is 12.1. The number of carbonyl (C=O) groups is 1. The van der Waals surface area contributed by atoms with Gasteiger partial charge in [-0.2, -0.15) is 0 Å². The van der Waals surface area contributed by atoms with Gasteiger partial charge in [-0.05, 0) is 62.3 Å². The number of rotatable bonds is 4. The number of fused-ring (bicyclic) bond motifs is 1. The Morgan fingerprint density at radius 3 is 3.00 bits per heavy atom. The number of nitrogens with zero attached hydrogens (tertiary/aromatic N) is 1. The molecular formula is C18H22N2O3. The van der Waals surface area contributed by atoms with Crippen LogP contribution in [0.2, 0.25) is 0 Å². The fourth-order valence-corrected chi connectivity index (χ4v) is 2.80. The lowest BCUT2D eigenvalue weighted by molar-refractivity contribution is -0.118. The maximum Gasteiger partial charge on any atom is 0.264 e. The molecule has 122 valence electrons. The van der Waals surface area contributed by atoms with Crippen molar-refractivity contribution >= 4 is 11.8 Å². The van der Waals surface area contributed by atoms with Crippen molar-refractivity contribution in [2.24, 2.45) is 5.92 Å². The van der Waals surface area contributed by atoms with Crippen molar-refractivity contribution < 1.29 is 14.1 Å². The minimum absolute atomic E-state index is 0.0481. The van der Waals surface area contributed by atoms with Crippen LogP contribution in [0.1, 0.15) is 35.7 Å². The highest BCUT2D eigenvalue weighted by Crippen LogP contribution is 2.30. The summed E-state index contributed by atoms with van der Waals surface area (Å²) in [5, 5.41) is 6.83. The third-order valence-corrected chi connectivity index (χ3v) is 4.40. The summed E-state index contributed by atoms with van der Waals surface area (Å²) in [6.45, 7) is 6.21. The van der Waals surface area contributed by atoms with Crippen LogP contribution in [0, 0.1) is 19.8 Å². The Morgan fingerprint density at radius 2 is 2.22 bits per heavy atom. The summed E-state index contributed by atoms with van der Waals surface area (Å²) in [6.07, 6.45) is 2.92. The average Bonchev–Trinajstić information content (AvgIpc) is 2.91. The van der Waals surface area contributed by atoms with Crippen LogP contribution in [0.5, 0.6) is 5.75 Å². The van der Waals surface area contributed by atoms with Crippen molar-refractivity contribution in [2.45, 2.75) is 40.0 Å². The first kappa shape index (κ1) is 15.6. The normalized spacial score (nSPS) is 16.7. The van der Waals surface area contributed by atoms with Gasteiger partial charge in [-0.1, -0.05) is 18.1 Å². The van der Waals surface area contributed by atoms with Gasteiger partial charge in [-0.3, -0.25) is 10.1 Å². The number of anilines is 1. The van der Waals surface area contributed by atoms with Gasteiger partial charge < -0.3 is 9.26 Å². The molecule has 1 unspecified atom stereocenters. The van der Waals surface area contributed by atoms with E-state index in [0.717, 1.165) is 36.1 Å². The number of aryl methyl sites for hydroxylation is 3. The van der Waals surface area contributed by atoms with E-state index in [2.05, 4.69) is 17.4 Å².